The van der Waals surface area contributed by atoms with E-state index in [1.54, 1.807) is 0 Å². The average Bonchev–Trinajstić information content (AvgIpc) is 3.24. The highest BCUT2D eigenvalue weighted by atomic mass is 16.5. The Hall–Kier alpha value is -7.17. The lowest BCUT2D eigenvalue weighted by atomic mass is 9.92. The van der Waals surface area contributed by atoms with E-state index in [0.717, 1.165) is 67.0 Å². The minimum absolute atomic E-state index is 0.619. The minimum atomic E-state index is 0.619. The van der Waals surface area contributed by atoms with Crippen molar-refractivity contribution in [3.8, 4) is 90.2 Å². The third kappa shape index (κ3) is 5.63. The summed E-state index contributed by atoms with van der Waals surface area (Å²) in [5, 5.41) is 2.33. The van der Waals surface area contributed by atoms with E-state index in [1.165, 1.54) is 16.5 Å². The van der Waals surface area contributed by atoms with Gasteiger partial charge in [-0.25, -0.2) is 15.0 Å². The van der Waals surface area contributed by atoms with Crippen molar-refractivity contribution in [2.24, 2.45) is 0 Å². The number of rotatable bonds is 6. The zero-order valence-corrected chi connectivity index (χ0v) is 28.6. The van der Waals surface area contributed by atoms with Crippen molar-refractivity contribution in [1.82, 2.24) is 15.0 Å². The molecule has 9 aromatic rings. The summed E-state index contributed by atoms with van der Waals surface area (Å²) < 4.78 is 6.36. The van der Waals surface area contributed by atoms with E-state index in [4.69, 9.17) is 19.7 Å². The molecule has 0 amide bonds. The third-order valence-electron chi connectivity index (χ3n) is 9.97. The summed E-state index contributed by atoms with van der Waals surface area (Å²) in [6.07, 6.45) is 0. The molecule has 53 heavy (non-hydrogen) atoms. The Morgan fingerprint density at radius 1 is 0.283 bits per heavy atom. The Labute approximate surface area is 307 Å². The summed E-state index contributed by atoms with van der Waals surface area (Å²) in [4.78, 5) is 15.3. The van der Waals surface area contributed by atoms with E-state index in [0.29, 0.717) is 17.5 Å². The highest BCUT2D eigenvalue weighted by Crippen LogP contribution is 2.47. The number of aromatic nitrogens is 3. The highest BCUT2D eigenvalue weighted by molar-refractivity contribution is 6.04. The van der Waals surface area contributed by atoms with Crippen LogP contribution in [-0.2, 0) is 0 Å². The van der Waals surface area contributed by atoms with Crippen molar-refractivity contribution in [2.45, 2.75) is 0 Å². The van der Waals surface area contributed by atoms with Gasteiger partial charge in [0.15, 0.2) is 17.5 Å². The largest absolute Gasteiger partial charge is 0.456 e. The second-order valence-corrected chi connectivity index (χ2v) is 13.2. The van der Waals surface area contributed by atoms with E-state index in [1.807, 2.05) is 30.3 Å². The van der Waals surface area contributed by atoms with Gasteiger partial charge in [0.1, 0.15) is 11.5 Å². The number of benzene rings is 8. The minimum Gasteiger partial charge on any atom is -0.456 e. The Balaban J connectivity index is 1.05. The summed E-state index contributed by atoms with van der Waals surface area (Å²) >= 11 is 0. The summed E-state index contributed by atoms with van der Waals surface area (Å²) in [7, 11) is 0. The normalized spacial score (nSPS) is 11.5. The number of ether oxygens (including phenoxy) is 1. The van der Waals surface area contributed by atoms with Crippen molar-refractivity contribution in [1.29, 1.82) is 0 Å². The van der Waals surface area contributed by atoms with E-state index >= 15 is 0 Å². The van der Waals surface area contributed by atoms with Crippen LogP contribution >= 0.6 is 0 Å². The molecule has 0 aliphatic carbocycles. The smallest absolute Gasteiger partial charge is 0.164 e. The molecule has 10 rings (SSSR count). The van der Waals surface area contributed by atoms with Crippen molar-refractivity contribution < 1.29 is 4.74 Å². The maximum atomic E-state index is 6.36. The van der Waals surface area contributed by atoms with Crippen LogP contribution < -0.4 is 4.74 Å². The van der Waals surface area contributed by atoms with Gasteiger partial charge in [0.25, 0.3) is 0 Å². The first-order chi connectivity index (χ1) is 26.2. The zero-order chi connectivity index (χ0) is 35.1. The van der Waals surface area contributed by atoms with Crippen molar-refractivity contribution in [2.75, 3.05) is 0 Å². The monoisotopic (exact) mass is 677 g/mol. The summed E-state index contributed by atoms with van der Waals surface area (Å²) in [5.41, 5.74) is 11.8. The molecule has 1 aliphatic rings. The first kappa shape index (κ1) is 30.6. The molecule has 0 atom stereocenters. The molecule has 4 heteroatoms. The quantitative estimate of drug-likeness (QED) is 0.176. The second-order valence-electron chi connectivity index (χ2n) is 13.2. The standard InChI is InChI=1S/C49H31N3O/c1-3-11-32(12-4-1)33-21-25-37(26-22-33)47-50-48(52-49(51-47)42-18-8-7-17-40(42)35-13-5-2-6-14-35)38-27-23-34(24-28-38)39-29-30-44-43(31-39)41-19-9-15-36-16-10-20-45(53-44)46(36)41/h1-31H. The van der Waals surface area contributed by atoms with E-state index in [9.17, 15) is 0 Å². The van der Waals surface area contributed by atoms with Gasteiger partial charge < -0.3 is 4.74 Å². The van der Waals surface area contributed by atoms with E-state index < -0.39 is 0 Å². The van der Waals surface area contributed by atoms with Crippen molar-refractivity contribution >= 4 is 10.8 Å². The summed E-state index contributed by atoms with van der Waals surface area (Å²) in [6.45, 7) is 0. The number of hydrogen-bond donors (Lipinski definition) is 0. The lowest BCUT2D eigenvalue weighted by Gasteiger charge is -2.22. The van der Waals surface area contributed by atoms with Crippen LogP contribution in [0.5, 0.6) is 11.5 Å². The average molecular weight is 678 g/mol. The predicted molar refractivity (Wildman–Crippen MR) is 215 cm³/mol. The van der Waals surface area contributed by atoms with Gasteiger partial charge in [-0.2, -0.15) is 0 Å². The predicted octanol–water partition coefficient (Wildman–Crippen LogP) is 12.8. The fraction of sp³-hybridized carbons (Fsp3) is 0. The Morgan fingerprint density at radius 2 is 0.774 bits per heavy atom. The molecule has 2 heterocycles. The summed E-state index contributed by atoms with van der Waals surface area (Å²) in [5.74, 6) is 3.64. The van der Waals surface area contributed by atoms with Crippen molar-refractivity contribution in [3.63, 3.8) is 0 Å². The molecule has 1 aromatic heterocycles. The SMILES string of the molecule is c1ccc(-c2ccc(-c3nc(-c4ccc(-c5ccc6c(c5)-c5cccc7cccc(c57)O6)cc4)nc(-c4ccccc4-c4ccccc4)n3)cc2)cc1. The Bertz CT molecular complexity index is 2770. The number of hydrogen-bond acceptors (Lipinski definition) is 4. The van der Waals surface area contributed by atoms with Crippen LogP contribution in [0.3, 0.4) is 0 Å². The molecule has 0 unspecified atom stereocenters. The van der Waals surface area contributed by atoms with Crippen LogP contribution in [0.25, 0.3) is 89.4 Å². The molecule has 248 valence electrons. The van der Waals surface area contributed by atoms with E-state index in [2.05, 4.69) is 158 Å². The molecule has 4 nitrogen and oxygen atoms in total. The molecule has 0 radical (unpaired) electrons. The van der Waals surface area contributed by atoms with Crippen molar-refractivity contribution in [3.05, 3.63) is 188 Å². The molecule has 1 aliphatic heterocycles. The topological polar surface area (TPSA) is 47.9 Å². The molecule has 0 fully saturated rings. The molecule has 0 saturated carbocycles. The fourth-order valence-electron chi connectivity index (χ4n) is 7.30. The maximum Gasteiger partial charge on any atom is 0.164 e. The maximum absolute atomic E-state index is 6.36. The lowest BCUT2D eigenvalue weighted by Crippen LogP contribution is -2.01. The van der Waals surface area contributed by atoms with Crippen LogP contribution in [0.1, 0.15) is 0 Å². The summed E-state index contributed by atoms with van der Waals surface area (Å²) in [6, 6.07) is 65.1. The van der Waals surface area contributed by atoms with Crippen LogP contribution in [0.2, 0.25) is 0 Å². The van der Waals surface area contributed by atoms with Crippen LogP contribution in [0.4, 0.5) is 0 Å². The first-order valence-corrected chi connectivity index (χ1v) is 17.8. The molecule has 8 aromatic carbocycles. The first-order valence-electron chi connectivity index (χ1n) is 17.8. The van der Waals surface area contributed by atoms with Gasteiger partial charge >= 0.3 is 0 Å². The van der Waals surface area contributed by atoms with Gasteiger partial charge in [-0.15, -0.1) is 0 Å². The van der Waals surface area contributed by atoms with Crippen LogP contribution in [-0.4, -0.2) is 15.0 Å². The van der Waals surface area contributed by atoms with Crippen LogP contribution in [0, 0.1) is 0 Å². The molecular formula is C49H31N3O. The van der Waals surface area contributed by atoms with Gasteiger partial charge in [0.2, 0.25) is 0 Å². The Kier molecular flexibility index (Phi) is 7.43. The molecule has 0 saturated heterocycles. The molecular weight excluding hydrogens is 647 g/mol. The fourth-order valence-corrected chi connectivity index (χ4v) is 7.30. The highest BCUT2D eigenvalue weighted by Gasteiger charge is 2.21. The number of nitrogens with zero attached hydrogens (tertiary/aromatic N) is 3. The zero-order valence-electron chi connectivity index (χ0n) is 28.6. The van der Waals surface area contributed by atoms with Gasteiger partial charge in [0, 0.05) is 27.6 Å². The van der Waals surface area contributed by atoms with Crippen LogP contribution in [0.15, 0.2) is 188 Å². The molecule has 0 spiro atoms. The Morgan fingerprint density at radius 3 is 1.45 bits per heavy atom. The molecule has 0 bridgehead atoms. The lowest BCUT2D eigenvalue weighted by molar-refractivity contribution is 0.487. The number of fused-ring (bicyclic) bond motifs is 2. The second kappa shape index (κ2) is 12.9. The van der Waals surface area contributed by atoms with Gasteiger partial charge in [-0.1, -0.05) is 170 Å². The van der Waals surface area contributed by atoms with Gasteiger partial charge in [-0.3, -0.25) is 0 Å². The van der Waals surface area contributed by atoms with Gasteiger partial charge in [0.05, 0.1) is 0 Å². The molecule has 0 N–H and O–H groups in total. The third-order valence-corrected chi connectivity index (χ3v) is 9.97. The van der Waals surface area contributed by atoms with E-state index in [-0.39, 0.29) is 0 Å². The van der Waals surface area contributed by atoms with Gasteiger partial charge in [-0.05, 0) is 62.5 Å².